The van der Waals surface area contributed by atoms with Crippen LogP contribution in [0.5, 0.6) is 0 Å². The summed E-state index contributed by atoms with van der Waals surface area (Å²) in [5.41, 5.74) is 7.76. The van der Waals surface area contributed by atoms with Gasteiger partial charge >= 0.3 is 0 Å². The van der Waals surface area contributed by atoms with Gasteiger partial charge in [-0.25, -0.2) is 0 Å². The van der Waals surface area contributed by atoms with Crippen molar-refractivity contribution in [3.63, 3.8) is 0 Å². The Morgan fingerprint density at radius 2 is 2.12 bits per heavy atom. The van der Waals surface area contributed by atoms with E-state index in [9.17, 15) is 4.79 Å². The zero-order valence-electron chi connectivity index (χ0n) is 15.7. The molecule has 0 saturated carbocycles. The van der Waals surface area contributed by atoms with Gasteiger partial charge in [0.25, 0.3) is 0 Å². The molecule has 1 atom stereocenters. The third-order valence-corrected chi connectivity index (χ3v) is 4.54. The number of ether oxygens (including phenoxy) is 1. The van der Waals surface area contributed by atoms with Crippen LogP contribution in [-0.2, 0) is 22.7 Å². The Hall–Kier alpha value is -1.35. The summed E-state index contributed by atoms with van der Waals surface area (Å²) < 4.78 is 5.55. The molecule has 1 amide bonds. The number of benzene rings is 1. The molecular formula is C19H31IN4O2. The zero-order valence-corrected chi connectivity index (χ0v) is 18.1. The Labute approximate surface area is 173 Å². The molecule has 1 unspecified atom stereocenters. The van der Waals surface area contributed by atoms with Crippen molar-refractivity contribution in [1.82, 2.24) is 10.2 Å². The predicted octanol–water partition coefficient (Wildman–Crippen LogP) is 2.50. The first-order valence-electron chi connectivity index (χ1n) is 9.02. The molecule has 1 saturated heterocycles. The van der Waals surface area contributed by atoms with Crippen LogP contribution in [0.2, 0.25) is 0 Å². The SMILES string of the molecule is CCOCc1ccccc1CNC(=NC)N1CCCC(CC(N)=O)C1.I. The molecule has 1 aromatic carbocycles. The van der Waals surface area contributed by atoms with Crippen molar-refractivity contribution in [3.05, 3.63) is 35.4 Å². The van der Waals surface area contributed by atoms with E-state index in [0.717, 1.165) is 31.9 Å². The van der Waals surface area contributed by atoms with Crippen LogP contribution in [0, 0.1) is 5.92 Å². The number of primary amides is 1. The van der Waals surface area contributed by atoms with Gasteiger partial charge in [0.1, 0.15) is 0 Å². The molecule has 1 heterocycles. The molecule has 1 aliphatic heterocycles. The molecule has 6 nitrogen and oxygen atoms in total. The number of guanidine groups is 1. The molecule has 2 rings (SSSR count). The van der Waals surface area contributed by atoms with Crippen LogP contribution in [0.25, 0.3) is 0 Å². The number of aliphatic imine (C=N–C) groups is 1. The number of halogens is 1. The first kappa shape index (κ1) is 22.7. The van der Waals surface area contributed by atoms with Crippen LogP contribution >= 0.6 is 24.0 Å². The van der Waals surface area contributed by atoms with Crippen molar-refractivity contribution in [2.24, 2.45) is 16.6 Å². The van der Waals surface area contributed by atoms with E-state index in [1.807, 2.05) is 19.1 Å². The maximum absolute atomic E-state index is 11.2. The monoisotopic (exact) mass is 474 g/mol. The molecule has 0 bridgehead atoms. The van der Waals surface area contributed by atoms with Gasteiger partial charge < -0.3 is 20.7 Å². The lowest BCUT2D eigenvalue weighted by atomic mass is 9.95. The number of piperidine rings is 1. The molecule has 1 aromatic rings. The number of likely N-dealkylation sites (tertiary alicyclic amines) is 1. The average molecular weight is 474 g/mol. The number of rotatable bonds is 7. The van der Waals surface area contributed by atoms with Gasteiger partial charge in [0, 0.05) is 39.7 Å². The average Bonchev–Trinajstić information content (AvgIpc) is 2.61. The second-order valence-electron chi connectivity index (χ2n) is 6.43. The molecule has 26 heavy (non-hydrogen) atoms. The summed E-state index contributed by atoms with van der Waals surface area (Å²) in [4.78, 5) is 17.8. The van der Waals surface area contributed by atoms with Gasteiger partial charge in [0.05, 0.1) is 6.61 Å². The highest BCUT2D eigenvalue weighted by Gasteiger charge is 2.23. The molecule has 1 aliphatic rings. The van der Waals surface area contributed by atoms with Gasteiger partial charge in [0.2, 0.25) is 5.91 Å². The Morgan fingerprint density at radius 1 is 1.38 bits per heavy atom. The van der Waals surface area contributed by atoms with Crippen molar-refractivity contribution in [2.45, 2.75) is 39.3 Å². The van der Waals surface area contributed by atoms with Crippen molar-refractivity contribution in [2.75, 3.05) is 26.7 Å². The number of nitrogens with zero attached hydrogens (tertiary/aromatic N) is 2. The smallest absolute Gasteiger partial charge is 0.217 e. The third-order valence-electron chi connectivity index (χ3n) is 4.54. The van der Waals surface area contributed by atoms with Gasteiger partial charge in [-0.2, -0.15) is 0 Å². The highest BCUT2D eigenvalue weighted by atomic mass is 127. The van der Waals surface area contributed by atoms with Gasteiger partial charge in [-0.15, -0.1) is 24.0 Å². The minimum Gasteiger partial charge on any atom is -0.377 e. The van der Waals surface area contributed by atoms with Crippen molar-refractivity contribution in [3.8, 4) is 0 Å². The maximum atomic E-state index is 11.2. The first-order chi connectivity index (χ1) is 12.1. The summed E-state index contributed by atoms with van der Waals surface area (Å²) >= 11 is 0. The summed E-state index contributed by atoms with van der Waals surface area (Å²) in [6.45, 7) is 5.81. The second-order valence-corrected chi connectivity index (χ2v) is 6.43. The van der Waals surface area contributed by atoms with Crippen LogP contribution in [0.3, 0.4) is 0 Å². The number of amides is 1. The van der Waals surface area contributed by atoms with E-state index in [0.29, 0.717) is 32.1 Å². The van der Waals surface area contributed by atoms with Crippen LogP contribution in [0.15, 0.2) is 29.3 Å². The Balaban J connectivity index is 0.00000338. The third kappa shape index (κ3) is 7.11. The molecule has 3 N–H and O–H groups in total. The molecule has 0 spiro atoms. The van der Waals surface area contributed by atoms with Gasteiger partial charge in [0.15, 0.2) is 5.96 Å². The highest BCUT2D eigenvalue weighted by Crippen LogP contribution is 2.19. The standard InChI is InChI=1S/C19H30N4O2.HI/c1-3-25-14-17-9-5-4-8-16(17)12-22-19(21-2)23-10-6-7-15(13-23)11-18(20)24;/h4-5,8-9,15H,3,6-7,10-14H2,1-2H3,(H2,20,24)(H,21,22);1H. The summed E-state index contributed by atoms with van der Waals surface area (Å²) in [5.74, 6) is 0.968. The minimum atomic E-state index is -0.223. The topological polar surface area (TPSA) is 79.9 Å². The fourth-order valence-electron chi connectivity index (χ4n) is 3.30. The number of carbonyl (C=O) groups excluding carboxylic acids is 1. The molecule has 0 aromatic heterocycles. The van der Waals surface area contributed by atoms with Gasteiger partial charge in [-0.3, -0.25) is 9.79 Å². The van der Waals surface area contributed by atoms with Crippen molar-refractivity contribution in [1.29, 1.82) is 0 Å². The van der Waals surface area contributed by atoms with Crippen molar-refractivity contribution < 1.29 is 9.53 Å². The lowest BCUT2D eigenvalue weighted by molar-refractivity contribution is -0.119. The van der Waals surface area contributed by atoms with E-state index in [1.54, 1.807) is 7.05 Å². The van der Waals surface area contributed by atoms with E-state index in [2.05, 4.69) is 27.3 Å². The lowest BCUT2D eigenvalue weighted by Gasteiger charge is -2.34. The Kier molecular flexibility index (Phi) is 10.6. The van der Waals surface area contributed by atoms with Crippen LogP contribution < -0.4 is 11.1 Å². The first-order valence-corrected chi connectivity index (χ1v) is 9.02. The fourth-order valence-corrected chi connectivity index (χ4v) is 3.30. The number of carbonyl (C=O) groups is 1. The molecular weight excluding hydrogens is 443 g/mol. The summed E-state index contributed by atoms with van der Waals surface area (Å²) in [5, 5.41) is 3.45. The fraction of sp³-hybridized carbons (Fsp3) is 0.579. The Morgan fingerprint density at radius 3 is 2.77 bits per heavy atom. The molecule has 0 radical (unpaired) electrons. The van der Waals surface area contributed by atoms with Gasteiger partial charge in [-0.05, 0) is 36.8 Å². The number of nitrogens with one attached hydrogen (secondary N) is 1. The molecule has 7 heteroatoms. The van der Waals surface area contributed by atoms with E-state index >= 15 is 0 Å². The summed E-state index contributed by atoms with van der Waals surface area (Å²) in [6, 6.07) is 8.28. The molecule has 0 aliphatic carbocycles. The zero-order chi connectivity index (χ0) is 18.1. The van der Waals surface area contributed by atoms with Crippen molar-refractivity contribution >= 4 is 35.8 Å². The predicted molar refractivity (Wildman–Crippen MR) is 115 cm³/mol. The van der Waals surface area contributed by atoms with Crippen LogP contribution in [0.1, 0.15) is 37.3 Å². The second kappa shape index (κ2) is 12.1. The number of nitrogens with two attached hydrogens (primary N) is 1. The Bertz CT molecular complexity index is 595. The van der Waals surface area contributed by atoms with Gasteiger partial charge in [-0.1, -0.05) is 24.3 Å². The highest BCUT2D eigenvalue weighted by molar-refractivity contribution is 14.0. The van der Waals surface area contributed by atoms with E-state index in [-0.39, 0.29) is 29.9 Å². The minimum absolute atomic E-state index is 0. The van der Waals surface area contributed by atoms with E-state index in [1.165, 1.54) is 11.1 Å². The van der Waals surface area contributed by atoms with Crippen LogP contribution in [0.4, 0.5) is 0 Å². The number of hydrogen-bond donors (Lipinski definition) is 2. The lowest BCUT2D eigenvalue weighted by Crippen LogP contribution is -2.47. The summed E-state index contributed by atoms with van der Waals surface area (Å²) in [7, 11) is 1.80. The van der Waals surface area contributed by atoms with E-state index < -0.39 is 0 Å². The summed E-state index contributed by atoms with van der Waals surface area (Å²) in [6.07, 6.45) is 2.55. The van der Waals surface area contributed by atoms with Crippen LogP contribution in [-0.4, -0.2) is 43.5 Å². The quantitative estimate of drug-likeness (QED) is 0.362. The normalized spacial score (nSPS) is 17.5. The molecule has 1 fully saturated rings. The molecule has 146 valence electrons. The largest absolute Gasteiger partial charge is 0.377 e. The number of hydrogen-bond acceptors (Lipinski definition) is 3. The maximum Gasteiger partial charge on any atom is 0.217 e. The van der Waals surface area contributed by atoms with E-state index in [4.69, 9.17) is 10.5 Å².